The number of aromatic nitrogens is 3. The van der Waals surface area contributed by atoms with Crippen LogP contribution in [-0.4, -0.2) is 26.7 Å². The Kier molecular flexibility index (Phi) is 4.41. The third kappa shape index (κ3) is 3.51. The summed E-state index contributed by atoms with van der Waals surface area (Å²) in [5, 5.41) is 7.72. The predicted octanol–water partition coefficient (Wildman–Crippen LogP) is 2.80. The molecule has 25 heavy (non-hydrogen) atoms. The first-order chi connectivity index (χ1) is 12.1. The van der Waals surface area contributed by atoms with E-state index in [1.54, 1.807) is 16.3 Å². The fourth-order valence-electron chi connectivity index (χ4n) is 3.53. The van der Waals surface area contributed by atoms with Gasteiger partial charge in [-0.25, -0.2) is 9.67 Å². The number of thiazole rings is 1. The third-order valence-corrected chi connectivity index (χ3v) is 6.10. The lowest BCUT2D eigenvalue weighted by Gasteiger charge is -2.29. The number of aryl methyl sites for hydroxylation is 1. The molecule has 0 unspecified atom stereocenters. The van der Waals surface area contributed by atoms with Gasteiger partial charge in [-0.05, 0) is 51.5 Å². The van der Waals surface area contributed by atoms with Crippen molar-refractivity contribution in [2.75, 3.05) is 0 Å². The first kappa shape index (κ1) is 16.4. The van der Waals surface area contributed by atoms with Crippen molar-refractivity contribution < 1.29 is 4.79 Å². The molecule has 2 aliphatic rings. The molecule has 0 saturated heterocycles. The van der Waals surface area contributed by atoms with Gasteiger partial charge in [0.1, 0.15) is 4.88 Å². The fourth-order valence-corrected chi connectivity index (χ4v) is 4.24. The maximum atomic E-state index is 12.3. The average Bonchev–Trinajstić information content (AvgIpc) is 3.37. The number of carbonyl (C=O) groups is 1. The van der Waals surface area contributed by atoms with Crippen LogP contribution < -0.4 is 10.9 Å². The Hall–Kier alpha value is -2.02. The van der Waals surface area contributed by atoms with Crippen LogP contribution in [0.5, 0.6) is 0 Å². The lowest BCUT2D eigenvalue weighted by molar-refractivity contribution is 0.0924. The number of nitrogens with zero attached hydrogens (tertiary/aromatic N) is 3. The van der Waals surface area contributed by atoms with Crippen molar-refractivity contribution in [3.05, 3.63) is 44.3 Å². The Balaban J connectivity index is 1.38. The van der Waals surface area contributed by atoms with E-state index < -0.39 is 0 Å². The van der Waals surface area contributed by atoms with Crippen LogP contribution >= 0.6 is 11.3 Å². The molecule has 0 aromatic carbocycles. The topological polar surface area (TPSA) is 76.9 Å². The van der Waals surface area contributed by atoms with Crippen LogP contribution in [0.2, 0.25) is 0 Å². The van der Waals surface area contributed by atoms with E-state index in [4.69, 9.17) is 0 Å². The summed E-state index contributed by atoms with van der Waals surface area (Å²) in [5.41, 5.74) is 3.52. The van der Waals surface area contributed by atoms with E-state index in [2.05, 4.69) is 15.4 Å². The Bertz CT molecular complexity index is 832. The number of hydrogen-bond donors (Lipinski definition) is 1. The Morgan fingerprint density at radius 1 is 1.20 bits per heavy atom. The van der Waals surface area contributed by atoms with Crippen LogP contribution in [0.4, 0.5) is 0 Å². The Morgan fingerprint density at radius 2 is 1.96 bits per heavy atom. The number of hydrogen-bond acceptors (Lipinski definition) is 5. The molecule has 2 aromatic rings. The zero-order valence-corrected chi connectivity index (χ0v) is 15.1. The highest BCUT2D eigenvalue weighted by atomic mass is 32.1. The van der Waals surface area contributed by atoms with E-state index in [0.717, 1.165) is 37.1 Å². The summed E-state index contributed by atoms with van der Waals surface area (Å²) in [6.07, 6.45) is 5.84. The van der Waals surface area contributed by atoms with E-state index in [0.29, 0.717) is 10.8 Å². The molecule has 132 valence electrons. The molecule has 2 heterocycles. The van der Waals surface area contributed by atoms with E-state index in [9.17, 15) is 9.59 Å². The van der Waals surface area contributed by atoms with Crippen LogP contribution in [-0.2, 0) is 0 Å². The van der Waals surface area contributed by atoms with Gasteiger partial charge in [0.15, 0.2) is 0 Å². The van der Waals surface area contributed by atoms with Crippen LogP contribution in [0, 0.1) is 6.92 Å². The largest absolute Gasteiger partial charge is 0.349 e. The van der Waals surface area contributed by atoms with Gasteiger partial charge < -0.3 is 5.32 Å². The normalized spacial score (nSPS) is 23.4. The maximum absolute atomic E-state index is 12.3. The summed E-state index contributed by atoms with van der Waals surface area (Å²) in [7, 11) is 0. The molecule has 1 amide bonds. The summed E-state index contributed by atoms with van der Waals surface area (Å²) in [6.45, 7) is 1.85. The Labute approximate surface area is 150 Å². The number of amides is 1. The average molecular weight is 358 g/mol. The third-order valence-electron chi connectivity index (χ3n) is 5.17. The molecule has 0 bridgehead atoms. The highest BCUT2D eigenvalue weighted by Gasteiger charge is 2.29. The first-order valence-electron chi connectivity index (χ1n) is 8.92. The molecular formula is C18H22N4O2S. The zero-order valence-electron chi connectivity index (χ0n) is 14.3. The molecule has 2 aliphatic carbocycles. The van der Waals surface area contributed by atoms with Gasteiger partial charge in [0.25, 0.3) is 11.5 Å². The van der Waals surface area contributed by atoms with Crippen LogP contribution in [0.25, 0.3) is 0 Å². The molecule has 0 aliphatic heterocycles. The monoisotopic (exact) mass is 358 g/mol. The van der Waals surface area contributed by atoms with Gasteiger partial charge in [0.2, 0.25) is 0 Å². The second-order valence-electron chi connectivity index (χ2n) is 7.06. The van der Waals surface area contributed by atoms with E-state index in [1.807, 2.05) is 13.0 Å². The van der Waals surface area contributed by atoms with E-state index >= 15 is 0 Å². The smallest absolute Gasteiger partial charge is 0.267 e. The molecule has 2 fully saturated rings. The molecular weight excluding hydrogens is 336 g/mol. The molecule has 0 radical (unpaired) electrons. The minimum absolute atomic E-state index is 0.0165. The SMILES string of the molecule is Cc1ncsc1C(=O)NC1CCC(n2nc(C3CC3)ccc2=O)CC1. The minimum atomic E-state index is -0.0329. The van der Waals surface area contributed by atoms with E-state index in [1.165, 1.54) is 24.2 Å². The van der Waals surface area contributed by atoms with Gasteiger partial charge in [0.05, 0.1) is 22.9 Å². The molecule has 2 saturated carbocycles. The van der Waals surface area contributed by atoms with Crippen molar-refractivity contribution in [1.82, 2.24) is 20.1 Å². The van der Waals surface area contributed by atoms with Gasteiger partial charge in [-0.1, -0.05) is 0 Å². The van der Waals surface area contributed by atoms with Crippen LogP contribution in [0.1, 0.15) is 71.5 Å². The molecule has 0 atom stereocenters. The molecule has 7 heteroatoms. The van der Waals surface area contributed by atoms with Crippen molar-refractivity contribution in [1.29, 1.82) is 0 Å². The van der Waals surface area contributed by atoms with Gasteiger partial charge in [-0.15, -0.1) is 11.3 Å². The second kappa shape index (κ2) is 6.71. The van der Waals surface area contributed by atoms with Crippen molar-refractivity contribution >= 4 is 17.2 Å². The molecule has 0 spiro atoms. The maximum Gasteiger partial charge on any atom is 0.267 e. The Morgan fingerprint density at radius 3 is 2.60 bits per heavy atom. The highest BCUT2D eigenvalue weighted by molar-refractivity contribution is 7.11. The summed E-state index contributed by atoms with van der Waals surface area (Å²) in [5.74, 6) is 0.514. The van der Waals surface area contributed by atoms with Crippen molar-refractivity contribution in [3.63, 3.8) is 0 Å². The summed E-state index contributed by atoms with van der Waals surface area (Å²) in [4.78, 5) is 29.3. The van der Waals surface area contributed by atoms with Crippen molar-refractivity contribution in [2.45, 2.75) is 63.5 Å². The quantitative estimate of drug-likeness (QED) is 0.912. The summed E-state index contributed by atoms with van der Waals surface area (Å²) in [6, 6.07) is 3.83. The van der Waals surface area contributed by atoms with Gasteiger partial charge in [-0.3, -0.25) is 9.59 Å². The van der Waals surface area contributed by atoms with Crippen LogP contribution in [0.15, 0.2) is 22.4 Å². The predicted molar refractivity (Wildman–Crippen MR) is 96.1 cm³/mol. The number of carbonyl (C=O) groups excluding carboxylic acids is 1. The van der Waals surface area contributed by atoms with Crippen LogP contribution in [0.3, 0.4) is 0 Å². The standard InChI is InChI=1S/C18H22N4O2S/c1-11-17(25-10-19-11)18(24)20-13-4-6-14(7-5-13)22-16(23)9-8-15(21-22)12-2-3-12/h8-10,12-14H,2-7H2,1H3,(H,20,24). The molecule has 4 rings (SSSR count). The zero-order chi connectivity index (χ0) is 17.4. The van der Waals surface area contributed by atoms with Gasteiger partial charge >= 0.3 is 0 Å². The van der Waals surface area contributed by atoms with Gasteiger partial charge in [-0.2, -0.15) is 5.10 Å². The summed E-state index contributed by atoms with van der Waals surface area (Å²) < 4.78 is 1.68. The minimum Gasteiger partial charge on any atom is -0.349 e. The van der Waals surface area contributed by atoms with Gasteiger partial charge in [0, 0.05) is 18.0 Å². The fraction of sp³-hybridized carbons (Fsp3) is 0.556. The first-order valence-corrected chi connectivity index (χ1v) is 9.80. The molecule has 1 N–H and O–H groups in total. The molecule has 6 nitrogen and oxygen atoms in total. The lowest BCUT2D eigenvalue weighted by atomic mass is 9.91. The summed E-state index contributed by atoms with van der Waals surface area (Å²) >= 11 is 1.38. The highest BCUT2D eigenvalue weighted by Crippen LogP contribution is 2.38. The molecule has 2 aromatic heterocycles. The van der Waals surface area contributed by atoms with Crippen molar-refractivity contribution in [3.8, 4) is 0 Å². The second-order valence-corrected chi connectivity index (χ2v) is 7.92. The number of rotatable bonds is 4. The van der Waals surface area contributed by atoms with E-state index in [-0.39, 0.29) is 23.6 Å². The lowest BCUT2D eigenvalue weighted by Crippen LogP contribution is -2.39. The van der Waals surface area contributed by atoms with Crippen molar-refractivity contribution in [2.24, 2.45) is 0 Å². The number of nitrogens with one attached hydrogen (secondary N) is 1.